The van der Waals surface area contributed by atoms with Gasteiger partial charge in [0.25, 0.3) is 0 Å². The second kappa shape index (κ2) is 4.89. The van der Waals surface area contributed by atoms with Crippen LogP contribution in [0.1, 0.15) is 30.9 Å². The lowest BCUT2D eigenvalue weighted by Crippen LogP contribution is -2.08. The van der Waals surface area contributed by atoms with Crippen molar-refractivity contribution in [3.05, 3.63) is 29.3 Å². The number of fused-ring (bicyclic) bond motifs is 1. The zero-order valence-electron chi connectivity index (χ0n) is 9.27. The highest BCUT2D eigenvalue weighted by atomic mass is 14.9. The lowest BCUT2D eigenvalue weighted by atomic mass is 9.90. The Morgan fingerprint density at radius 1 is 1.27 bits per heavy atom. The summed E-state index contributed by atoms with van der Waals surface area (Å²) in [5.41, 5.74) is 4.33. The van der Waals surface area contributed by atoms with E-state index in [1.807, 2.05) is 6.92 Å². The molecule has 0 saturated carbocycles. The molecule has 1 aliphatic rings. The van der Waals surface area contributed by atoms with Gasteiger partial charge in [-0.2, -0.15) is 0 Å². The molecule has 78 valence electrons. The van der Waals surface area contributed by atoms with Crippen LogP contribution in [0.3, 0.4) is 0 Å². The van der Waals surface area contributed by atoms with Crippen LogP contribution in [-0.2, 0) is 12.8 Å². The van der Waals surface area contributed by atoms with Crippen LogP contribution in [0.25, 0.3) is 0 Å². The molecule has 0 heterocycles. The highest BCUT2D eigenvalue weighted by Gasteiger charge is 2.11. The molecule has 0 aromatic heterocycles. The van der Waals surface area contributed by atoms with Gasteiger partial charge < -0.3 is 5.32 Å². The quantitative estimate of drug-likeness (QED) is 0.722. The molecular formula is C14H17N. The minimum atomic E-state index is 0.757. The molecular weight excluding hydrogens is 182 g/mol. The van der Waals surface area contributed by atoms with E-state index in [0.717, 1.165) is 6.54 Å². The Labute approximate surface area is 91.9 Å². The highest BCUT2D eigenvalue weighted by Crippen LogP contribution is 2.27. The summed E-state index contributed by atoms with van der Waals surface area (Å²) in [6.45, 7) is 2.63. The average Bonchev–Trinajstić information content (AvgIpc) is 2.30. The van der Waals surface area contributed by atoms with E-state index in [1.54, 1.807) is 0 Å². The number of anilines is 1. The maximum atomic E-state index is 3.40. The minimum Gasteiger partial charge on any atom is -0.374 e. The molecule has 0 unspecified atom stereocenters. The van der Waals surface area contributed by atoms with Crippen molar-refractivity contribution in [3.63, 3.8) is 0 Å². The molecule has 15 heavy (non-hydrogen) atoms. The SMILES string of the molecule is CC#CCNc1cccc2c1CCCC2. The van der Waals surface area contributed by atoms with E-state index >= 15 is 0 Å². The van der Waals surface area contributed by atoms with Crippen molar-refractivity contribution < 1.29 is 0 Å². The molecule has 2 rings (SSSR count). The summed E-state index contributed by atoms with van der Waals surface area (Å²) >= 11 is 0. The number of nitrogens with one attached hydrogen (secondary N) is 1. The third-order valence-electron chi connectivity index (χ3n) is 2.94. The van der Waals surface area contributed by atoms with Crippen LogP contribution in [0, 0.1) is 11.8 Å². The van der Waals surface area contributed by atoms with E-state index in [9.17, 15) is 0 Å². The number of hydrogen-bond donors (Lipinski definition) is 1. The molecule has 1 aromatic carbocycles. The fourth-order valence-corrected chi connectivity index (χ4v) is 2.17. The van der Waals surface area contributed by atoms with Crippen LogP contribution in [-0.4, -0.2) is 6.54 Å². The van der Waals surface area contributed by atoms with Gasteiger partial charge in [0.2, 0.25) is 0 Å². The van der Waals surface area contributed by atoms with Crippen molar-refractivity contribution in [1.82, 2.24) is 0 Å². The molecule has 0 saturated heterocycles. The van der Waals surface area contributed by atoms with E-state index in [4.69, 9.17) is 0 Å². The van der Waals surface area contributed by atoms with E-state index < -0.39 is 0 Å². The standard InChI is InChI=1S/C14H17N/c1-2-3-11-15-14-10-6-8-12-7-4-5-9-13(12)14/h6,8,10,15H,4-5,7,9,11H2,1H3. The van der Waals surface area contributed by atoms with Gasteiger partial charge in [-0.15, -0.1) is 5.92 Å². The molecule has 0 amide bonds. The first-order chi connectivity index (χ1) is 7.42. The van der Waals surface area contributed by atoms with Gasteiger partial charge in [0.05, 0.1) is 6.54 Å². The van der Waals surface area contributed by atoms with E-state index in [-0.39, 0.29) is 0 Å². The van der Waals surface area contributed by atoms with Crippen LogP contribution < -0.4 is 5.32 Å². The molecule has 0 aliphatic heterocycles. The van der Waals surface area contributed by atoms with Gasteiger partial charge in [-0.25, -0.2) is 0 Å². The molecule has 0 bridgehead atoms. The monoisotopic (exact) mass is 199 g/mol. The molecule has 1 aliphatic carbocycles. The van der Waals surface area contributed by atoms with Gasteiger partial charge in [-0.05, 0) is 49.8 Å². The fraction of sp³-hybridized carbons (Fsp3) is 0.429. The molecule has 1 nitrogen and oxygen atoms in total. The van der Waals surface area contributed by atoms with Crippen LogP contribution in [0.15, 0.2) is 18.2 Å². The van der Waals surface area contributed by atoms with Crippen molar-refractivity contribution in [2.45, 2.75) is 32.6 Å². The number of benzene rings is 1. The lowest BCUT2D eigenvalue weighted by Gasteiger charge is -2.19. The minimum absolute atomic E-state index is 0.757. The van der Waals surface area contributed by atoms with Gasteiger partial charge in [-0.3, -0.25) is 0 Å². The van der Waals surface area contributed by atoms with Crippen molar-refractivity contribution in [1.29, 1.82) is 0 Å². The summed E-state index contributed by atoms with van der Waals surface area (Å²) in [5, 5.41) is 3.40. The molecule has 1 heteroatoms. The lowest BCUT2D eigenvalue weighted by molar-refractivity contribution is 0.686. The number of rotatable bonds is 2. The maximum Gasteiger partial charge on any atom is 0.0765 e. The third-order valence-corrected chi connectivity index (χ3v) is 2.94. The third kappa shape index (κ3) is 2.33. The Morgan fingerprint density at radius 2 is 2.13 bits per heavy atom. The van der Waals surface area contributed by atoms with Crippen molar-refractivity contribution in [3.8, 4) is 11.8 Å². The topological polar surface area (TPSA) is 12.0 Å². The molecule has 0 spiro atoms. The summed E-state index contributed by atoms with van der Waals surface area (Å²) in [6.07, 6.45) is 5.12. The zero-order chi connectivity index (χ0) is 10.5. The van der Waals surface area contributed by atoms with Gasteiger partial charge in [0, 0.05) is 5.69 Å². The molecule has 0 atom stereocenters. The van der Waals surface area contributed by atoms with Crippen LogP contribution in [0.5, 0.6) is 0 Å². The highest BCUT2D eigenvalue weighted by molar-refractivity contribution is 5.56. The first-order valence-corrected chi connectivity index (χ1v) is 5.66. The van der Waals surface area contributed by atoms with E-state index in [2.05, 4.69) is 35.4 Å². The summed E-state index contributed by atoms with van der Waals surface area (Å²) in [7, 11) is 0. The van der Waals surface area contributed by atoms with Crippen molar-refractivity contribution >= 4 is 5.69 Å². The van der Waals surface area contributed by atoms with Crippen LogP contribution >= 0.6 is 0 Å². The predicted molar refractivity (Wildman–Crippen MR) is 65.0 cm³/mol. The first kappa shape index (κ1) is 10.1. The summed E-state index contributed by atoms with van der Waals surface area (Å²) in [4.78, 5) is 0. The van der Waals surface area contributed by atoms with Crippen LogP contribution in [0.2, 0.25) is 0 Å². The Balaban J connectivity index is 2.18. The van der Waals surface area contributed by atoms with Crippen LogP contribution in [0.4, 0.5) is 5.69 Å². The largest absolute Gasteiger partial charge is 0.374 e. The second-order valence-electron chi connectivity index (χ2n) is 3.93. The fourth-order valence-electron chi connectivity index (χ4n) is 2.17. The Bertz CT molecular complexity index is 396. The second-order valence-corrected chi connectivity index (χ2v) is 3.93. The average molecular weight is 199 g/mol. The summed E-state index contributed by atoms with van der Waals surface area (Å²) in [5.74, 6) is 5.95. The Morgan fingerprint density at radius 3 is 3.00 bits per heavy atom. The zero-order valence-corrected chi connectivity index (χ0v) is 9.27. The summed E-state index contributed by atoms with van der Waals surface area (Å²) < 4.78 is 0. The molecule has 1 N–H and O–H groups in total. The van der Waals surface area contributed by atoms with E-state index in [1.165, 1.54) is 42.5 Å². The Hall–Kier alpha value is -1.42. The summed E-state index contributed by atoms with van der Waals surface area (Å²) in [6, 6.07) is 6.57. The molecule has 1 aromatic rings. The van der Waals surface area contributed by atoms with Gasteiger partial charge >= 0.3 is 0 Å². The van der Waals surface area contributed by atoms with Crippen molar-refractivity contribution in [2.24, 2.45) is 0 Å². The van der Waals surface area contributed by atoms with Gasteiger partial charge in [0.1, 0.15) is 0 Å². The number of hydrogen-bond acceptors (Lipinski definition) is 1. The van der Waals surface area contributed by atoms with E-state index in [0.29, 0.717) is 0 Å². The van der Waals surface area contributed by atoms with Gasteiger partial charge in [-0.1, -0.05) is 18.1 Å². The smallest absolute Gasteiger partial charge is 0.0765 e. The predicted octanol–water partition coefficient (Wildman–Crippen LogP) is 3.00. The maximum absolute atomic E-state index is 3.40. The number of aryl methyl sites for hydroxylation is 1. The van der Waals surface area contributed by atoms with Gasteiger partial charge in [0.15, 0.2) is 0 Å². The first-order valence-electron chi connectivity index (χ1n) is 5.66. The van der Waals surface area contributed by atoms with Crippen molar-refractivity contribution in [2.75, 3.05) is 11.9 Å². The molecule has 0 fully saturated rings. The Kier molecular flexibility index (Phi) is 3.29. The normalized spacial score (nSPS) is 13.7. The molecule has 0 radical (unpaired) electrons.